The molecule has 0 atom stereocenters. The summed E-state index contributed by atoms with van der Waals surface area (Å²) in [5.41, 5.74) is 2.12. The highest BCUT2D eigenvalue weighted by molar-refractivity contribution is 5.92. The molecular formula is C17H22O4. The molecule has 2 rings (SSSR count). The van der Waals surface area contributed by atoms with Gasteiger partial charge < -0.3 is 9.84 Å². The molecular weight excluding hydrogens is 268 g/mol. The minimum absolute atomic E-state index is 0.409. The van der Waals surface area contributed by atoms with Gasteiger partial charge in [-0.1, -0.05) is 25.3 Å². The van der Waals surface area contributed by atoms with Crippen LogP contribution in [0.1, 0.15) is 59.2 Å². The fraction of sp³-hybridized carbons (Fsp3) is 0.529. The second-order valence-electron chi connectivity index (χ2n) is 5.91. The standard InChI is InChI=1S/C17H22O4/c1-11-9-13(10-14(12(11)2)15(18)21-3)17(16(19)20)7-5-4-6-8-17/h9-10H,4-8H2,1-3H3,(H,19,20). The molecule has 1 aromatic carbocycles. The van der Waals surface area contributed by atoms with Gasteiger partial charge >= 0.3 is 11.9 Å². The summed E-state index contributed by atoms with van der Waals surface area (Å²) in [5, 5.41) is 9.77. The summed E-state index contributed by atoms with van der Waals surface area (Å²) in [6.45, 7) is 3.77. The van der Waals surface area contributed by atoms with Crippen molar-refractivity contribution >= 4 is 11.9 Å². The van der Waals surface area contributed by atoms with Crippen molar-refractivity contribution < 1.29 is 19.4 Å². The third-order valence-electron chi connectivity index (χ3n) is 4.74. The van der Waals surface area contributed by atoms with Crippen LogP contribution in [0.2, 0.25) is 0 Å². The lowest BCUT2D eigenvalue weighted by Gasteiger charge is -2.34. The van der Waals surface area contributed by atoms with Crippen LogP contribution >= 0.6 is 0 Å². The lowest BCUT2D eigenvalue weighted by molar-refractivity contribution is -0.145. The van der Waals surface area contributed by atoms with E-state index in [1.807, 2.05) is 19.9 Å². The molecule has 0 unspecified atom stereocenters. The molecule has 0 spiro atoms. The zero-order chi connectivity index (χ0) is 15.6. The van der Waals surface area contributed by atoms with Crippen molar-refractivity contribution in [3.05, 3.63) is 34.4 Å². The number of benzene rings is 1. The van der Waals surface area contributed by atoms with Crippen LogP contribution in [0.25, 0.3) is 0 Å². The number of hydrogen-bond donors (Lipinski definition) is 1. The van der Waals surface area contributed by atoms with Crippen LogP contribution < -0.4 is 0 Å². The van der Waals surface area contributed by atoms with Crippen LogP contribution in [-0.2, 0) is 14.9 Å². The highest BCUT2D eigenvalue weighted by Crippen LogP contribution is 2.41. The quantitative estimate of drug-likeness (QED) is 0.867. The van der Waals surface area contributed by atoms with Gasteiger partial charge in [0.1, 0.15) is 0 Å². The van der Waals surface area contributed by atoms with Crippen LogP contribution in [0.3, 0.4) is 0 Å². The van der Waals surface area contributed by atoms with E-state index in [-0.39, 0.29) is 0 Å². The van der Waals surface area contributed by atoms with Crippen molar-refractivity contribution in [3.63, 3.8) is 0 Å². The second kappa shape index (κ2) is 5.88. The number of rotatable bonds is 3. The van der Waals surface area contributed by atoms with E-state index in [1.165, 1.54) is 7.11 Å². The molecule has 1 aromatic rings. The van der Waals surface area contributed by atoms with Crippen molar-refractivity contribution in [2.45, 2.75) is 51.4 Å². The first kappa shape index (κ1) is 15.5. The molecule has 1 N–H and O–H groups in total. The van der Waals surface area contributed by atoms with E-state index >= 15 is 0 Å². The van der Waals surface area contributed by atoms with Gasteiger partial charge in [0.15, 0.2) is 0 Å². The fourth-order valence-corrected chi connectivity index (χ4v) is 3.24. The van der Waals surface area contributed by atoms with Gasteiger partial charge in [-0.25, -0.2) is 4.79 Å². The van der Waals surface area contributed by atoms with Gasteiger partial charge in [-0.2, -0.15) is 0 Å². The molecule has 114 valence electrons. The minimum Gasteiger partial charge on any atom is -0.481 e. The Morgan fingerprint density at radius 1 is 1.14 bits per heavy atom. The molecule has 1 aliphatic rings. The van der Waals surface area contributed by atoms with Crippen molar-refractivity contribution in [1.29, 1.82) is 0 Å². The summed E-state index contributed by atoms with van der Waals surface area (Å²) in [6.07, 6.45) is 4.15. The molecule has 21 heavy (non-hydrogen) atoms. The predicted molar refractivity (Wildman–Crippen MR) is 79.7 cm³/mol. The minimum atomic E-state index is -0.862. The van der Waals surface area contributed by atoms with E-state index in [1.54, 1.807) is 6.07 Å². The van der Waals surface area contributed by atoms with Gasteiger partial charge in [0, 0.05) is 0 Å². The molecule has 4 nitrogen and oxygen atoms in total. The van der Waals surface area contributed by atoms with Gasteiger partial charge in [-0.15, -0.1) is 0 Å². The average molecular weight is 290 g/mol. The molecule has 1 saturated carbocycles. The average Bonchev–Trinajstić information content (AvgIpc) is 2.49. The SMILES string of the molecule is COC(=O)c1cc(C2(C(=O)O)CCCCC2)cc(C)c1C. The van der Waals surface area contributed by atoms with Crippen LogP contribution in [0.5, 0.6) is 0 Å². The summed E-state index contributed by atoms with van der Waals surface area (Å²) >= 11 is 0. The van der Waals surface area contributed by atoms with Crippen molar-refractivity contribution in [2.24, 2.45) is 0 Å². The Bertz CT molecular complexity index is 568. The van der Waals surface area contributed by atoms with Gasteiger partial charge in [-0.05, 0) is 49.4 Å². The molecule has 0 bridgehead atoms. The van der Waals surface area contributed by atoms with Crippen LogP contribution in [0.4, 0.5) is 0 Å². The number of methoxy groups -OCH3 is 1. The highest BCUT2D eigenvalue weighted by atomic mass is 16.5. The fourth-order valence-electron chi connectivity index (χ4n) is 3.24. The van der Waals surface area contributed by atoms with E-state index in [2.05, 4.69) is 0 Å². The molecule has 0 aliphatic heterocycles. The number of ether oxygens (including phenoxy) is 1. The molecule has 0 aromatic heterocycles. The first-order valence-corrected chi connectivity index (χ1v) is 7.36. The number of carbonyl (C=O) groups excluding carboxylic acids is 1. The molecule has 4 heteroatoms. The van der Waals surface area contributed by atoms with Gasteiger partial charge in [-0.3, -0.25) is 4.79 Å². The summed E-state index contributed by atoms with van der Waals surface area (Å²) < 4.78 is 4.82. The number of aliphatic carboxylic acids is 1. The third kappa shape index (κ3) is 2.67. The highest BCUT2D eigenvalue weighted by Gasteiger charge is 2.41. The van der Waals surface area contributed by atoms with E-state index in [0.29, 0.717) is 18.4 Å². The number of carboxylic acids is 1. The third-order valence-corrected chi connectivity index (χ3v) is 4.74. The summed E-state index contributed by atoms with van der Waals surface area (Å²) in [7, 11) is 1.34. The topological polar surface area (TPSA) is 63.6 Å². The molecule has 1 aliphatic carbocycles. The van der Waals surface area contributed by atoms with Crippen molar-refractivity contribution in [1.82, 2.24) is 0 Å². The van der Waals surface area contributed by atoms with Gasteiger partial charge in [0.2, 0.25) is 0 Å². The van der Waals surface area contributed by atoms with Crippen LogP contribution in [0, 0.1) is 13.8 Å². The molecule has 0 radical (unpaired) electrons. The number of carbonyl (C=O) groups is 2. The largest absolute Gasteiger partial charge is 0.481 e. The maximum atomic E-state index is 11.9. The Morgan fingerprint density at radius 3 is 2.29 bits per heavy atom. The Hall–Kier alpha value is -1.84. The predicted octanol–water partition coefficient (Wildman–Crippen LogP) is 3.38. The Kier molecular flexibility index (Phi) is 4.35. The van der Waals surface area contributed by atoms with Crippen molar-refractivity contribution in [3.8, 4) is 0 Å². The monoisotopic (exact) mass is 290 g/mol. The Balaban J connectivity index is 2.59. The number of carboxylic acid groups (broad SMARTS) is 1. The Morgan fingerprint density at radius 2 is 1.76 bits per heavy atom. The lowest BCUT2D eigenvalue weighted by atomic mass is 9.68. The zero-order valence-electron chi connectivity index (χ0n) is 12.9. The summed E-state index contributed by atoms with van der Waals surface area (Å²) in [6, 6.07) is 3.63. The summed E-state index contributed by atoms with van der Waals surface area (Å²) in [5.74, 6) is -1.20. The molecule has 0 amide bonds. The van der Waals surface area contributed by atoms with Crippen molar-refractivity contribution in [2.75, 3.05) is 7.11 Å². The molecule has 0 heterocycles. The van der Waals surface area contributed by atoms with Crippen LogP contribution in [0.15, 0.2) is 12.1 Å². The number of esters is 1. The van der Waals surface area contributed by atoms with E-state index in [9.17, 15) is 14.7 Å². The van der Waals surface area contributed by atoms with Gasteiger partial charge in [0.25, 0.3) is 0 Å². The maximum Gasteiger partial charge on any atom is 0.338 e. The normalized spacial score (nSPS) is 17.3. The smallest absolute Gasteiger partial charge is 0.338 e. The van der Waals surface area contributed by atoms with E-state index in [0.717, 1.165) is 36.0 Å². The lowest BCUT2D eigenvalue weighted by Crippen LogP contribution is -2.38. The second-order valence-corrected chi connectivity index (χ2v) is 5.91. The van der Waals surface area contributed by atoms with Crippen LogP contribution in [-0.4, -0.2) is 24.2 Å². The number of aryl methyl sites for hydroxylation is 1. The van der Waals surface area contributed by atoms with E-state index < -0.39 is 17.4 Å². The van der Waals surface area contributed by atoms with Gasteiger partial charge in [0.05, 0.1) is 18.1 Å². The zero-order valence-corrected chi connectivity index (χ0v) is 12.9. The Labute approximate surface area is 125 Å². The molecule has 0 saturated heterocycles. The maximum absolute atomic E-state index is 11.9. The van der Waals surface area contributed by atoms with E-state index in [4.69, 9.17) is 4.74 Å². The first-order valence-electron chi connectivity index (χ1n) is 7.36. The molecule has 1 fully saturated rings. The summed E-state index contributed by atoms with van der Waals surface area (Å²) in [4.78, 5) is 23.8. The first-order chi connectivity index (χ1) is 9.92. The number of hydrogen-bond acceptors (Lipinski definition) is 3.